The Hall–Kier alpha value is -7.36. The summed E-state index contributed by atoms with van der Waals surface area (Å²) in [5.41, 5.74) is -0.168. The van der Waals surface area contributed by atoms with Crippen molar-refractivity contribution in [3.05, 3.63) is 120 Å². The molecular formula is C37H28F2N4O10. The number of aromatic nitrogens is 2. The summed E-state index contributed by atoms with van der Waals surface area (Å²) in [6, 6.07) is 20.5. The number of carbonyl (C=O) groups excluding carboxylic acids is 2. The van der Waals surface area contributed by atoms with Gasteiger partial charge >= 0.3 is 11.9 Å². The van der Waals surface area contributed by atoms with Crippen LogP contribution in [0.3, 0.4) is 0 Å². The predicted molar refractivity (Wildman–Crippen MR) is 184 cm³/mol. The number of nitrogens with zero attached hydrogens (tertiary/aromatic N) is 2. The summed E-state index contributed by atoms with van der Waals surface area (Å²) in [6.45, 7) is 0.448. The van der Waals surface area contributed by atoms with E-state index in [0.29, 0.717) is 50.2 Å². The van der Waals surface area contributed by atoms with Gasteiger partial charge in [0.25, 0.3) is 11.8 Å². The molecule has 0 aliphatic carbocycles. The van der Waals surface area contributed by atoms with Gasteiger partial charge in [-0.15, -0.1) is 0 Å². The second kappa shape index (κ2) is 16.1. The van der Waals surface area contributed by atoms with Crippen LogP contribution in [0.25, 0.3) is 21.5 Å². The first-order valence-corrected chi connectivity index (χ1v) is 15.4. The first-order valence-electron chi connectivity index (χ1n) is 15.4. The molecule has 14 nitrogen and oxygen atoms in total. The molecule has 0 saturated heterocycles. The van der Waals surface area contributed by atoms with Crippen molar-refractivity contribution < 1.29 is 57.9 Å². The lowest BCUT2D eigenvalue weighted by Crippen LogP contribution is -2.30. The van der Waals surface area contributed by atoms with Crippen LogP contribution in [0.5, 0.6) is 34.5 Å². The maximum absolute atomic E-state index is 13.1. The van der Waals surface area contributed by atoms with Crippen LogP contribution in [0.1, 0.15) is 26.7 Å². The maximum Gasteiger partial charge on any atom is 0.322 e. The number of aryl methyl sites for hydroxylation is 1. The number of pyridine rings is 2. The SMILES string of the molecule is Cc1nc(C(=O)NCC(=O)O)c(O)c2cccc(Oc3ccc(F)cc3)c12.O=C(O)CNC(=O)c1ncc2c(Oc3ccc(F)cc3)cccc2c1O. The Balaban J connectivity index is 0.000000204. The van der Waals surface area contributed by atoms with Gasteiger partial charge in [0, 0.05) is 27.7 Å². The summed E-state index contributed by atoms with van der Waals surface area (Å²) in [7, 11) is 0. The summed E-state index contributed by atoms with van der Waals surface area (Å²) in [5.74, 6) is -4.10. The zero-order valence-corrected chi connectivity index (χ0v) is 27.5. The van der Waals surface area contributed by atoms with Crippen LogP contribution in [0.2, 0.25) is 0 Å². The lowest BCUT2D eigenvalue weighted by Gasteiger charge is -2.14. The first kappa shape index (κ1) is 36.9. The molecule has 2 aromatic heterocycles. The Morgan fingerprint density at radius 1 is 0.642 bits per heavy atom. The summed E-state index contributed by atoms with van der Waals surface area (Å²) in [6.07, 6.45) is 1.34. The standard InChI is InChI=1S/C19H15FN2O5.C18H13FN2O5/c1-10-16-13(18(25)17(22-10)19(26)21-9-15(23)24)3-2-4-14(16)27-12-7-5-11(20)6-8-12;19-10-4-6-11(7-5-10)26-14-3-1-2-12-13(14)8-20-16(17(12)24)18(25)21-9-15(22)23/h2-8,25H,9H2,1H3,(H,21,26)(H,23,24);1-8,24H,9H2,(H,21,25)(H,22,23). The molecule has 6 aromatic rings. The minimum atomic E-state index is -1.21. The molecule has 0 spiro atoms. The van der Waals surface area contributed by atoms with Crippen molar-refractivity contribution in [1.82, 2.24) is 20.6 Å². The van der Waals surface area contributed by atoms with Crippen molar-refractivity contribution >= 4 is 45.3 Å². The number of nitrogens with one attached hydrogen (secondary N) is 2. The Morgan fingerprint density at radius 3 is 1.66 bits per heavy atom. The number of aromatic hydroxyl groups is 2. The molecule has 2 heterocycles. The normalized spacial score (nSPS) is 10.5. The van der Waals surface area contributed by atoms with Gasteiger partial charge in [-0.25, -0.2) is 18.7 Å². The number of fused-ring (bicyclic) bond motifs is 2. The Labute approximate surface area is 297 Å². The summed E-state index contributed by atoms with van der Waals surface area (Å²) < 4.78 is 37.5. The number of aliphatic carboxylic acids is 2. The molecule has 53 heavy (non-hydrogen) atoms. The number of hydrogen-bond donors (Lipinski definition) is 6. The highest BCUT2D eigenvalue weighted by molar-refractivity contribution is 6.05. The van der Waals surface area contributed by atoms with Crippen LogP contribution in [0, 0.1) is 18.6 Å². The van der Waals surface area contributed by atoms with Crippen LogP contribution in [0.4, 0.5) is 8.78 Å². The van der Waals surface area contributed by atoms with Gasteiger partial charge in [0.1, 0.15) is 47.7 Å². The van der Waals surface area contributed by atoms with Crippen molar-refractivity contribution in [2.45, 2.75) is 6.92 Å². The fourth-order valence-electron chi connectivity index (χ4n) is 4.94. The van der Waals surface area contributed by atoms with Crippen molar-refractivity contribution in [3.8, 4) is 34.5 Å². The van der Waals surface area contributed by atoms with E-state index < -0.39 is 54.2 Å². The quantitative estimate of drug-likeness (QED) is 0.100. The van der Waals surface area contributed by atoms with Crippen molar-refractivity contribution in [3.63, 3.8) is 0 Å². The summed E-state index contributed by atoms with van der Waals surface area (Å²) in [4.78, 5) is 53.2. The number of hydrogen-bond acceptors (Lipinski definition) is 10. The van der Waals surface area contributed by atoms with Gasteiger partial charge in [0.2, 0.25) is 0 Å². The van der Waals surface area contributed by atoms with Crippen LogP contribution in [0.15, 0.2) is 91.1 Å². The minimum Gasteiger partial charge on any atom is -0.505 e. The lowest BCUT2D eigenvalue weighted by atomic mass is 10.1. The fraction of sp³-hybridized carbons (Fsp3) is 0.0811. The van der Waals surface area contributed by atoms with Crippen molar-refractivity contribution in [2.24, 2.45) is 0 Å². The highest BCUT2D eigenvalue weighted by Gasteiger charge is 2.21. The number of amides is 2. The van der Waals surface area contributed by atoms with Crippen LogP contribution in [-0.4, -0.2) is 67.2 Å². The maximum atomic E-state index is 13.1. The Kier molecular flexibility index (Phi) is 11.2. The number of carboxylic acid groups (broad SMARTS) is 2. The topological polar surface area (TPSA) is 218 Å². The zero-order valence-electron chi connectivity index (χ0n) is 27.5. The molecule has 2 amide bonds. The monoisotopic (exact) mass is 726 g/mol. The third kappa shape index (κ3) is 8.87. The molecule has 0 bridgehead atoms. The third-order valence-corrected chi connectivity index (χ3v) is 7.33. The van der Waals surface area contributed by atoms with Crippen LogP contribution < -0.4 is 20.1 Å². The second-order valence-corrected chi connectivity index (χ2v) is 11.0. The molecular weight excluding hydrogens is 698 g/mol. The molecule has 0 radical (unpaired) electrons. The van der Waals surface area contributed by atoms with E-state index in [1.807, 2.05) is 0 Å². The number of ether oxygens (including phenoxy) is 2. The van der Waals surface area contributed by atoms with Gasteiger partial charge in [-0.2, -0.15) is 0 Å². The largest absolute Gasteiger partial charge is 0.505 e. The number of benzene rings is 4. The number of carboxylic acids is 2. The van der Waals surface area contributed by atoms with E-state index in [-0.39, 0.29) is 17.1 Å². The molecule has 270 valence electrons. The highest BCUT2D eigenvalue weighted by atomic mass is 19.1. The smallest absolute Gasteiger partial charge is 0.322 e. The molecule has 16 heteroatoms. The van der Waals surface area contributed by atoms with Crippen LogP contribution in [-0.2, 0) is 9.59 Å². The molecule has 0 saturated carbocycles. The van der Waals surface area contributed by atoms with E-state index in [1.54, 1.807) is 43.3 Å². The molecule has 6 rings (SSSR count). The van der Waals surface area contributed by atoms with E-state index in [0.717, 1.165) is 0 Å². The molecule has 0 fully saturated rings. The average molecular weight is 727 g/mol. The number of rotatable bonds is 10. The van der Waals surface area contributed by atoms with Gasteiger partial charge in [-0.1, -0.05) is 24.3 Å². The lowest BCUT2D eigenvalue weighted by molar-refractivity contribution is -0.136. The van der Waals surface area contributed by atoms with Crippen molar-refractivity contribution in [2.75, 3.05) is 13.1 Å². The number of halogens is 2. The van der Waals surface area contributed by atoms with E-state index in [4.69, 9.17) is 19.7 Å². The van der Waals surface area contributed by atoms with Gasteiger partial charge in [-0.05, 0) is 67.6 Å². The molecule has 4 aromatic carbocycles. The minimum absolute atomic E-state index is 0.278. The van der Waals surface area contributed by atoms with E-state index in [9.17, 15) is 38.2 Å². The average Bonchev–Trinajstić information content (AvgIpc) is 3.13. The Morgan fingerprint density at radius 2 is 1.11 bits per heavy atom. The molecule has 0 aliphatic rings. The molecule has 0 aliphatic heterocycles. The molecule has 0 unspecified atom stereocenters. The van der Waals surface area contributed by atoms with Crippen molar-refractivity contribution in [1.29, 1.82) is 0 Å². The van der Waals surface area contributed by atoms with E-state index >= 15 is 0 Å². The molecule has 6 N–H and O–H groups in total. The first-order chi connectivity index (χ1) is 25.3. The summed E-state index contributed by atoms with van der Waals surface area (Å²) >= 11 is 0. The van der Waals surface area contributed by atoms with Gasteiger partial charge in [-0.3, -0.25) is 19.2 Å². The molecule has 0 atom stereocenters. The van der Waals surface area contributed by atoms with Gasteiger partial charge in [0.05, 0.1) is 5.69 Å². The summed E-state index contributed by atoms with van der Waals surface area (Å²) in [5, 5.41) is 43.9. The fourth-order valence-corrected chi connectivity index (χ4v) is 4.94. The van der Waals surface area contributed by atoms with Gasteiger partial charge in [0.15, 0.2) is 22.9 Å². The number of carbonyl (C=O) groups is 4. The third-order valence-electron chi connectivity index (χ3n) is 7.33. The predicted octanol–water partition coefficient (Wildman–Crippen LogP) is 5.68. The van der Waals surface area contributed by atoms with Gasteiger partial charge < -0.3 is 40.5 Å². The Bertz CT molecular complexity index is 2350. The second-order valence-electron chi connectivity index (χ2n) is 11.0. The zero-order chi connectivity index (χ0) is 38.2. The van der Waals surface area contributed by atoms with E-state index in [1.165, 1.54) is 54.7 Å². The van der Waals surface area contributed by atoms with E-state index in [2.05, 4.69) is 20.6 Å². The van der Waals surface area contributed by atoms with Crippen LogP contribution >= 0.6 is 0 Å². The highest BCUT2D eigenvalue weighted by Crippen LogP contribution is 2.38.